The smallest absolute Gasteiger partial charge is 0.355 e. The van der Waals surface area contributed by atoms with Crippen LogP contribution in [0.3, 0.4) is 0 Å². The molecule has 0 amide bonds. The van der Waals surface area contributed by atoms with E-state index in [-0.39, 0.29) is 10.7 Å². The molecule has 0 aromatic heterocycles. The van der Waals surface area contributed by atoms with Crippen LogP contribution in [0.1, 0.15) is 16.7 Å². The van der Waals surface area contributed by atoms with Crippen molar-refractivity contribution in [1.82, 2.24) is 0 Å². The van der Waals surface area contributed by atoms with Gasteiger partial charge in [0.25, 0.3) is 0 Å². The van der Waals surface area contributed by atoms with E-state index in [0.29, 0.717) is 11.3 Å². The van der Waals surface area contributed by atoms with Crippen molar-refractivity contribution in [1.29, 1.82) is 5.26 Å². The number of halogens is 4. The molecule has 0 aliphatic rings. The second-order valence-electron chi connectivity index (χ2n) is 4.49. The molecule has 2 aromatic rings. The fourth-order valence-corrected chi connectivity index (χ4v) is 2.09. The molecule has 0 saturated carbocycles. The van der Waals surface area contributed by atoms with Gasteiger partial charge in [-0.2, -0.15) is 18.4 Å². The van der Waals surface area contributed by atoms with Crippen LogP contribution in [0.5, 0.6) is 0 Å². The summed E-state index contributed by atoms with van der Waals surface area (Å²) >= 11 is 5.72. The molecule has 0 fully saturated rings. The topological polar surface area (TPSA) is 35.8 Å². The number of hydrogen-bond acceptors (Lipinski definition) is 2. The number of aryl methyl sites for hydroxylation is 1. The first-order valence-electron chi connectivity index (χ1n) is 5.95. The number of hydrogen-bond donors (Lipinski definition) is 1. The van der Waals surface area contributed by atoms with E-state index in [0.717, 1.165) is 17.7 Å². The Balaban J connectivity index is 2.34. The predicted molar refractivity (Wildman–Crippen MR) is 75.6 cm³/mol. The lowest BCUT2D eigenvalue weighted by atomic mass is 10.1. The summed E-state index contributed by atoms with van der Waals surface area (Å²) in [5.74, 6) is 0. The second-order valence-corrected chi connectivity index (χ2v) is 4.93. The van der Waals surface area contributed by atoms with Crippen LogP contribution >= 0.6 is 11.6 Å². The third-order valence-electron chi connectivity index (χ3n) is 2.86. The van der Waals surface area contributed by atoms with Gasteiger partial charge in [-0.15, -0.1) is 0 Å². The molecule has 1 N–H and O–H groups in total. The maximum Gasteiger partial charge on any atom is 0.416 e. The van der Waals surface area contributed by atoms with Crippen LogP contribution in [0.25, 0.3) is 0 Å². The van der Waals surface area contributed by atoms with Crippen molar-refractivity contribution >= 4 is 23.0 Å². The van der Waals surface area contributed by atoms with Gasteiger partial charge in [-0.3, -0.25) is 0 Å². The van der Waals surface area contributed by atoms with E-state index < -0.39 is 11.7 Å². The van der Waals surface area contributed by atoms with Gasteiger partial charge in [0.1, 0.15) is 0 Å². The maximum absolute atomic E-state index is 12.7. The Hall–Kier alpha value is -2.19. The van der Waals surface area contributed by atoms with Crippen LogP contribution in [-0.4, -0.2) is 0 Å². The highest BCUT2D eigenvalue weighted by Crippen LogP contribution is 2.34. The summed E-state index contributed by atoms with van der Waals surface area (Å²) in [6.07, 6.45) is -4.46. The third-order valence-corrected chi connectivity index (χ3v) is 3.08. The highest BCUT2D eigenvalue weighted by molar-refractivity contribution is 6.31. The number of benzene rings is 2. The van der Waals surface area contributed by atoms with Crippen molar-refractivity contribution in [2.24, 2.45) is 0 Å². The SMILES string of the molecule is Cc1cc(Nc2cc(Cl)cc(C(F)(F)F)c2)ccc1C#N. The molecule has 2 rings (SSSR count). The molecular formula is C15H10ClF3N2. The van der Waals surface area contributed by atoms with Crippen molar-refractivity contribution < 1.29 is 13.2 Å². The summed E-state index contributed by atoms with van der Waals surface area (Å²) in [7, 11) is 0. The third kappa shape index (κ3) is 3.67. The largest absolute Gasteiger partial charge is 0.416 e. The Kier molecular flexibility index (Phi) is 4.10. The first kappa shape index (κ1) is 15.2. The van der Waals surface area contributed by atoms with Gasteiger partial charge in [-0.1, -0.05) is 11.6 Å². The molecule has 108 valence electrons. The molecule has 2 nitrogen and oxygen atoms in total. The zero-order valence-electron chi connectivity index (χ0n) is 10.9. The monoisotopic (exact) mass is 310 g/mol. The van der Waals surface area contributed by atoms with Crippen LogP contribution in [0, 0.1) is 18.3 Å². The van der Waals surface area contributed by atoms with E-state index >= 15 is 0 Å². The second kappa shape index (κ2) is 5.66. The van der Waals surface area contributed by atoms with Crippen molar-refractivity contribution in [3.8, 4) is 6.07 Å². The molecule has 6 heteroatoms. The number of anilines is 2. The predicted octanol–water partition coefficient (Wildman–Crippen LogP) is 5.28. The Morgan fingerprint density at radius 1 is 1.10 bits per heavy atom. The van der Waals surface area contributed by atoms with Gasteiger partial charge in [0.15, 0.2) is 0 Å². The highest BCUT2D eigenvalue weighted by Gasteiger charge is 2.31. The number of nitriles is 1. The van der Waals surface area contributed by atoms with Crippen LogP contribution in [0.15, 0.2) is 36.4 Å². The van der Waals surface area contributed by atoms with Crippen LogP contribution < -0.4 is 5.32 Å². The summed E-state index contributed by atoms with van der Waals surface area (Å²) in [5, 5.41) is 11.7. The van der Waals surface area contributed by atoms with Gasteiger partial charge in [0.05, 0.1) is 17.2 Å². The first-order chi connectivity index (χ1) is 9.79. The van der Waals surface area contributed by atoms with E-state index in [4.69, 9.17) is 16.9 Å². The van der Waals surface area contributed by atoms with Crippen LogP contribution in [0.2, 0.25) is 5.02 Å². The van der Waals surface area contributed by atoms with Crippen molar-refractivity contribution in [2.75, 3.05) is 5.32 Å². The molecule has 0 spiro atoms. The van der Waals surface area contributed by atoms with E-state index in [2.05, 4.69) is 5.32 Å². The average Bonchev–Trinajstić information content (AvgIpc) is 2.37. The lowest BCUT2D eigenvalue weighted by Gasteiger charge is -2.12. The van der Waals surface area contributed by atoms with Crippen LogP contribution in [0.4, 0.5) is 24.5 Å². The van der Waals surface area contributed by atoms with Crippen molar-refractivity contribution in [3.63, 3.8) is 0 Å². The molecular weight excluding hydrogens is 301 g/mol. The highest BCUT2D eigenvalue weighted by atomic mass is 35.5. The molecule has 21 heavy (non-hydrogen) atoms. The number of alkyl halides is 3. The fraction of sp³-hybridized carbons (Fsp3) is 0.133. The first-order valence-corrected chi connectivity index (χ1v) is 6.33. The molecule has 2 aromatic carbocycles. The van der Waals surface area contributed by atoms with E-state index in [9.17, 15) is 13.2 Å². The number of nitrogens with one attached hydrogen (secondary N) is 1. The summed E-state index contributed by atoms with van der Waals surface area (Å²) in [5.41, 5.74) is 1.26. The van der Waals surface area contributed by atoms with Crippen molar-refractivity contribution in [3.05, 3.63) is 58.1 Å². The quantitative estimate of drug-likeness (QED) is 0.819. The Morgan fingerprint density at radius 3 is 2.38 bits per heavy atom. The summed E-state index contributed by atoms with van der Waals surface area (Å²) in [4.78, 5) is 0. The number of nitrogens with zero attached hydrogens (tertiary/aromatic N) is 1. The zero-order valence-corrected chi connectivity index (χ0v) is 11.7. The lowest BCUT2D eigenvalue weighted by Crippen LogP contribution is -2.05. The van der Waals surface area contributed by atoms with Crippen molar-refractivity contribution in [2.45, 2.75) is 13.1 Å². The van der Waals surface area contributed by atoms with Gasteiger partial charge in [0.2, 0.25) is 0 Å². The minimum absolute atomic E-state index is 0.00214. The normalized spacial score (nSPS) is 11.0. The Bertz CT molecular complexity index is 718. The Morgan fingerprint density at radius 2 is 1.81 bits per heavy atom. The Labute approximate surface area is 124 Å². The summed E-state index contributed by atoms with van der Waals surface area (Å²) in [6.45, 7) is 1.75. The van der Waals surface area contributed by atoms with E-state index in [1.165, 1.54) is 6.07 Å². The summed E-state index contributed by atoms with van der Waals surface area (Å²) in [6, 6.07) is 10.2. The van der Waals surface area contributed by atoms with E-state index in [1.807, 2.05) is 6.07 Å². The molecule has 0 bridgehead atoms. The molecule has 0 radical (unpaired) electrons. The minimum atomic E-state index is -4.46. The minimum Gasteiger partial charge on any atom is -0.355 e. The number of rotatable bonds is 2. The lowest BCUT2D eigenvalue weighted by molar-refractivity contribution is -0.137. The average molecular weight is 311 g/mol. The molecule has 0 unspecified atom stereocenters. The molecule has 0 aliphatic heterocycles. The van der Waals surface area contributed by atoms with Gasteiger partial charge in [-0.05, 0) is 48.9 Å². The fourth-order valence-electron chi connectivity index (χ4n) is 1.86. The van der Waals surface area contributed by atoms with Gasteiger partial charge in [-0.25, -0.2) is 0 Å². The molecule has 0 saturated heterocycles. The maximum atomic E-state index is 12.7. The summed E-state index contributed by atoms with van der Waals surface area (Å²) < 4.78 is 38.2. The zero-order chi connectivity index (χ0) is 15.6. The van der Waals surface area contributed by atoms with Gasteiger partial charge < -0.3 is 5.32 Å². The molecule has 0 heterocycles. The molecule has 0 aliphatic carbocycles. The van der Waals surface area contributed by atoms with Gasteiger partial charge in [0, 0.05) is 16.4 Å². The van der Waals surface area contributed by atoms with Crippen LogP contribution in [-0.2, 0) is 6.18 Å². The molecule has 0 atom stereocenters. The van der Waals surface area contributed by atoms with Gasteiger partial charge >= 0.3 is 6.18 Å². The standard InChI is InChI=1S/C15H10ClF3N2/c1-9-4-13(3-2-10(9)8-20)21-14-6-11(15(17,18)19)5-12(16)7-14/h2-7,21H,1H3. The van der Waals surface area contributed by atoms with E-state index in [1.54, 1.807) is 25.1 Å².